The molecule has 9 heteroatoms. The number of rotatable bonds is 7. The Morgan fingerprint density at radius 1 is 1.32 bits per heavy atom. The lowest BCUT2D eigenvalue weighted by Gasteiger charge is -2.15. The van der Waals surface area contributed by atoms with Gasteiger partial charge in [-0.25, -0.2) is 9.18 Å². The number of carbonyl (C=O) groups excluding carboxylic acids is 1. The number of benzene rings is 2. The first-order chi connectivity index (χ1) is 13.4. The minimum absolute atomic E-state index is 0.122. The van der Waals surface area contributed by atoms with Crippen LogP contribution >= 0.6 is 0 Å². The molecule has 146 valence electrons. The fourth-order valence-electron chi connectivity index (χ4n) is 3.00. The maximum atomic E-state index is 13.8. The zero-order valence-electron chi connectivity index (χ0n) is 15.1. The van der Waals surface area contributed by atoms with Gasteiger partial charge in [0.25, 0.3) is 5.69 Å². The molecule has 2 aromatic carbocycles. The van der Waals surface area contributed by atoms with Gasteiger partial charge in [0.1, 0.15) is 5.82 Å². The van der Waals surface area contributed by atoms with Crippen molar-refractivity contribution in [2.75, 3.05) is 0 Å². The molecule has 0 bridgehead atoms. The Hall–Kier alpha value is -3.49. The molecule has 0 spiro atoms. The minimum atomic E-state index is -0.643. The maximum Gasteiger partial charge on any atom is 0.419 e. The predicted molar refractivity (Wildman–Crippen MR) is 99.3 cm³/mol. The van der Waals surface area contributed by atoms with Crippen molar-refractivity contribution in [1.29, 1.82) is 0 Å². The molecule has 1 unspecified atom stereocenters. The molecule has 28 heavy (non-hydrogen) atoms. The summed E-state index contributed by atoms with van der Waals surface area (Å²) >= 11 is 0. The standard InChI is InChI=1S/C19H18FN3O5/c1-12(14-5-2-3-6-15(14)20)21-18(24)7-4-10-22-16-9-8-13(23(26)27)11-17(16)28-19(22)25/h2-3,5-6,8-9,11-12H,4,7,10H2,1H3,(H,21,24). The van der Waals surface area contributed by atoms with E-state index in [1.807, 2.05) is 0 Å². The van der Waals surface area contributed by atoms with E-state index >= 15 is 0 Å². The van der Waals surface area contributed by atoms with Crippen LogP contribution in [0.3, 0.4) is 0 Å². The molecule has 0 fully saturated rings. The topological polar surface area (TPSA) is 107 Å². The number of aromatic nitrogens is 1. The van der Waals surface area contributed by atoms with E-state index in [-0.39, 0.29) is 36.0 Å². The normalized spacial score (nSPS) is 12.1. The van der Waals surface area contributed by atoms with Crippen LogP contribution in [0.1, 0.15) is 31.4 Å². The molecule has 3 aromatic rings. The average Bonchev–Trinajstić information content (AvgIpc) is 2.96. The lowest BCUT2D eigenvalue weighted by Crippen LogP contribution is -2.27. The number of fused-ring (bicyclic) bond motifs is 1. The number of oxazole rings is 1. The Morgan fingerprint density at radius 3 is 2.79 bits per heavy atom. The summed E-state index contributed by atoms with van der Waals surface area (Å²) in [5.41, 5.74) is 0.775. The number of aryl methyl sites for hydroxylation is 1. The van der Waals surface area contributed by atoms with Crippen molar-refractivity contribution in [3.8, 4) is 0 Å². The van der Waals surface area contributed by atoms with Gasteiger partial charge in [-0.3, -0.25) is 19.5 Å². The van der Waals surface area contributed by atoms with Crippen molar-refractivity contribution < 1.29 is 18.5 Å². The van der Waals surface area contributed by atoms with Gasteiger partial charge in [-0.05, 0) is 25.5 Å². The highest BCUT2D eigenvalue weighted by Crippen LogP contribution is 2.20. The monoisotopic (exact) mass is 387 g/mol. The minimum Gasteiger partial charge on any atom is -0.407 e. The highest BCUT2D eigenvalue weighted by molar-refractivity contribution is 5.77. The fraction of sp³-hybridized carbons (Fsp3) is 0.263. The van der Waals surface area contributed by atoms with Crippen molar-refractivity contribution in [3.63, 3.8) is 0 Å². The van der Waals surface area contributed by atoms with Crippen LogP contribution in [-0.4, -0.2) is 15.4 Å². The molecule has 0 aliphatic carbocycles. The quantitative estimate of drug-likeness (QED) is 0.494. The van der Waals surface area contributed by atoms with Crippen LogP contribution < -0.4 is 11.1 Å². The summed E-state index contributed by atoms with van der Waals surface area (Å²) < 4.78 is 20.1. The summed E-state index contributed by atoms with van der Waals surface area (Å²) in [7, 11) is 0. The first-order valence-corrected chi connectivity index (χ1v) is 8.68. The third kappa shape index (κ3) is 4.08. The molecule has 8 nitrogen and oxygen atoms in total. The Labute approximate surface area is 158 Å². The number of non-ortho nitro benzene ring substituents is 1. The first-order valence-electron chi connectivity index (χ1n) is 8.68. The second-order valence-electron chi connectivity index (χ2n) is 6.34. The molecule has 0 saturated carbocycles. The van der Waals surface area contributed by atoms with E-state index in [2.05, 4.69) is 5.32 Å². The van der Waals surface area contributed by atoms with E-state index < -0.39 is 16.7 Å². The number of nitro benzene ring substituents is 1. The van der Waals surface area contributed by atoms with Crippen molar-refractivity contribution >= 4 is 22.7 Å². The summed E-state index contributed by atoms with van der Waals surface area (Å²) in [4.78, 5) is 34.3. The van der Waals surface area contributed by atoms with Gasteiger partial charge in [0.15, 0.2) is 5.58 Å². The van der Waals surface area contributed by atoms with Crippen molar-refractivity contribution in [2.45, 2.75) is 32.4 Å². The second kappa shape index (κ2) is 8.03. The highest BCUT2D eigenvalue weighted by Gasteiger charge is 2.16. The van der Waals surface area contributed by atoms with Crippen LogP contribution in [0.5, 0.6) is 0 Å². The number of nitrogens with zero attached hydrogens (tertiary/aromatic N) is 2. The molecule has 1 amide bonds. The molecular formula is C19H18FN3O5. The molecule has 0 radical (unpaired) electrons. The van der Waals surface area contributed by atoms with Crippen LogP contribution in [0.4, 0.5) is 10.1 Å². The number of halogens is 1. The van der Waals surface area contributed by atoms with E-state index in [4.69, 9.17) is 4.42 Å². The molecule has 1 N–H and O–H groups in total. The van der Waals surface area contributed by atoms with Gasteiger partial charge in [-0.15, -0.1) is 0 Å². The van der Waals surface area contributed by atoms with Gasteiger partial charge in [0.2, 0.25) is 5.91 Å². The predicted octanol–water partition coefficient (Wildman–Crippen LogP) is 3.30. The van der Waals surface area contributed by atoms with Gasteiger partial charge in [-0.1, -0.05) is 18.2 Å². The van der Waals surface area contributed by atoms with Gasteiger partial charge in [-0.2, -0.15) is 0 Å². The number of nitrogens with one attached hydrogen (secondary N) is 1. The van der Waals surface area contributed by atoms with Gasteiger partial charge in [0, 0.05) is 24.6 Å². The number of hydrogen-bond acceptors (Lipinski definition) is 5. The molecular weight excluding hydrogens is 369 g/mol. The molecule has 0 aliphatic rings. The molecule has 1 aromatic heterocycles. The van der Waals surface area contributed by atoms with E-state index in [0.29, 0.717) is 17.5 Å². The Bertz CT molecular complexity index is 1090. The molecule has 0 saturated heterocycles. The van der Waals surface area contributed by atoms with Crippen LogP contribution in [-0.2, 0) is 11.3 Å². The number of nitro groups is 1. The zero-order chi connectivity index (χ0) is 20.3. The fourth-order valence-corrected chi connectivity index (χ4v) is 3.00. The molecule has 1 heterocycles. The summed E-state index contributed by atoms with van der Waals surface area (Å²) in [6.45, 7) is 1.91. The Balaban J connectivity index is 1.61. The van der Waals surface area contributed by atoms with Crippen LogP contribution in [0, 0.1) is 15.9 Å². The third-order valence-corrected chi connectivity index (χ3v) is 4.40. The van der Waals surface area contributed by atoms with E-state index in [1.54, 1.807) is 25.1 Å². The summed E-state index contributed by atoms with van der Waals surface area (Å²) in [5.74, 6) is -1.30. The van der Waals surface area contributed by atoms with Crippen molar-refractivity contribution in [1.82, 2.24) is 9.88 Å². The Morgan fingerprint density at radius 2 is 2.07 bits per heavy atom. The highest BCUT2D eigenvalue weighted by atomic mass is 19.1. The first kappa shape index (κ1) is 19.3. The smallest absolute Gasteiger partial charge is 0.407 e. The molecule has 0 aliphatic heterocycles. The third-order valence-electron chi connectivity index (χ3n) is 4.40. The molecule has 1 atom stereocenters. The maximum absolute atomic E-state index is 13.8. The summed E-state index contributed by atoms with van der Waals surface area (Å²) in [6.07, 6.45) is 0.478. The SMILES string of the molecule is CC(NC(=O)CCCn1c(=O)oc2cc([N+](=O)[O-])ccc21)c1ccccc1F. The summed E-state index contributed by atoms with van der Waals surface area (Å²) in [5, 5.41) is 13.5. The number of amides is 1. The second-order valence-corrected chi connectivity index (χ2v) is 6.34. The van der Waals surface area contributed by atoms with Gasteiger partial charge in [0.05, 0.1) is 22.5 Å². The van der Waals surface area contributed by atoms with Gasteiger partial charge >= 0.3 is 5.76 Å². The number of hydrogen-bond donors (Lipinski definition) is 1. The van der Waals surface area contributed by atoms with E-state index in [1.165, 1.54) is 28.8 Å². The van der Waals surface area contributed by atoms with Crippen LogP contribution in [0.15, 0.2) is 51.7 Å². The summed E-state index contributed by atoms with van der Waals surface area (Å²) in [6, 6.07) is 9.66. The molecule has 3 rings (SSSR count). The Kier molecular flexibility index (Phi) is 5.53. The van der Waals surface area contributed by atoms with E-state index in [9.17, 15) is 24.1 Å². The lowest BCUT2D eigenvalue weighted by molar-refractivity contribution is -0.384. The van der Waals surface area contributed by atoms with Crippen molar-refractivity contribution in [3.05, 3.63) is 74.5 Å². The van der Waals surface area contributed by atoms with Crippen molar-refractivity contribution in [2.24, 2.45) is 0 Å². The largest absolute Gasteiger partial charge is 0.419 e. The lowest BCUT2D eigenvalue weighted by atomic mass is 10.1. The zero-order valence-corrected chi connectivity index (χ0v) is 15.1. The average molecular weight is 387 g/mol. The van der Waals surface area contributed by atoms with E-state index in [0.717, 1.165) is 0 Å². The van der Waals surface area contributed by atoms with Crippen LogP contribution in [0.25, 0.3) is 11.1 Å². The van der Waals surface area contributed by atoms with Crippen LogP contribution in [0.2, 0.25) is 0 Å². The number of carbonyl (C=O) groups is 1. The van der Waals surface area contributed by atoms with Gasteiger partial charge < -0.3 is 9.73 Å².